The van der Waals surface area contributed by atoms with Crippen molar-refractivity contribution in [2.45, 2.75) is 56.9 Å². The predicted molar refractivity (Wildman–Crippen MR) is 119 cm³/mol. The van der Waals surface area contributed by atoms with Crippen LogP contribution in [0.1, 0.15) is 39.0 Å². The van der Waals surface area contributed by atoms with E-state index in [0.717, 1.165) is 36.2 Å². The van der Waals surface area contributed by atoms with Crippen LogP contribution in [0, 0.1) is 5.92 Å². The third-order valence-electron chi connectivity index (χ3n) is 7.60. The largest absolute Gasteiger partial charge is 0.406 e. The Morgan fingerprint density at radius 3 is 2.56 bits per heavy atom. The van der Waals surface area contributed by atoms with Crippen molar-refractivity contribution in [2.75, 3.05) is 32.1 Å². The number of sulfonamides is 1. The molecule has 0 bridgehead atoms. The van der Waals surface area contributed by atoms with Gasteiger partial charge in [0.05, 0.1) is 23.7 Å². The molecule has 0 radical (unpaired) electrons. The van der Waals surface area contributed by atoms with Gasteiger partial charge in [0.15, 0.2) is 0 Å². The van der Waals surface area contributed by atoms with Crippen molar-refractivity contribution in [3.8, 4) is 0 Å². The molecule has 5 aliphatic rings. The smallest absolute Gasteiger partial charge is 0.365 e. The van der Waals surface area contributed by atoms with Crippen molar-refractivity contribution in [3.05, 3.63) is 35.3 Å². The topological polar surface area (TPSA) is 85.0 Å². The van der Waals surface area contributed by atoms with Gasteiger partial charge >= 0.3 is 6.18 Å². The molecule has 3 fully saturated rings. The van der Waals surface area contributed by atoms with Crippen LogP contribution in [0.4, 0.5) is 13.2 Å². The number of nitrogens with zero attached hydrogens (tertiary/aromatic N) is 3. The Kier molecular flexibility index (Phi) is 5.66. The molecular formula is C22H30F3N5O3S. The van der Waals surface area contributed by atoms with Crippen molar-refractivity contribution < 1.29 is 26.4 Å². The lowest BCUT2D eigenvalue weighted by atomic mass is 9.83. The molecule has 1 aliphatic carbocycles. The van der Waals surface area contributed by atoms with E-state index in [0.29, 0.717) is 25.2 Å². The number of carbonyl (C=O) groups is 1. The van der Waals surface area contributed by atoms with Crippen LogP contribution in [0.15, 0.2) is 35.3 Å². The van der Waals surface area contributed by atoms with Crippen molar-refractivity contribution in [3.63, 3.8) is 0 Å². The molecule has 2 N–H and O–H groups in total. The minimum atomic E-state index is -4.49. The van der Waals surface area contributed by atoms with Crippen molar-refractivity contribution >= 4 is 15.9 Å². The van der Waals surface area contributed by atoms with E-state index in [2.05, 4.69) is 10.6 Å². The normalized spacial score (nSPS) is 33.4. The quantitative estimate of drug-likeness (QED) is 0.612. The summed E-state index contributed by atoms with van der Waals surface area (Å²) in [6, 6.07) is -0.0301. The zero-order valence-electron chi connectivity index (χ0n) is 19.1. The lowest BCUT2D eigenvalue weighted by Gasteiger charge is -2.49. The fourth-order valence-electron chi connectivity index (χ4n) is 5.82. The molecule has 0 aromatic carbocycles. The first-order chi connectivity index (χ1) is 16.0. The molecule has 2 saturated heterocycles. The maximum absolute atomic E-state index is 13.3. The lowest BCUT2D eigenvalue weighted by Crippen LogP contribution is -2.59. The SMILES string of the molecule is CC12NC=CC1=C1C(=CN2)C(=O)N(CC(F)(F)F)CN1C1CCC(CN2CCCS2(=O)=O)CC1. The van der Waals surface area contributed by atoms with Gasteiger partial charge in [0.25, 0.3) is 5.91 Å². The molecule has 0 aromatic heterocycles. The van der Waals surface area contributed by atoms with E-state index in [9.17, 15) is 26.4 Å². The Hall–Kier alpha value is -2.21. The van der Waals surface area contributed by atoms with E-state index in [-0.39, 0.29) is 30.0 Å². The van der Waals surface area contributed by atoms with Gasteiger partial charge in [0, 0.05) is 30.9 Å². The summed E-state index contributed by atoms with van der Waals surface area (Å²) in [6.07, 6.45) is 4.42. The monoisotopic (exact) mass is 501 g/mol. The van der Waals surface area contributed by atoms with Crippen molar-refractivity contribution in [2.24, 2.45) is 5.92 Å². The molecule has 0 spiro atoms. The first kappa shape index (κ1) is 23.5. The first-order valence-corrected chi connectivity index (χ1v) is 13.4. The maximum atomic E-state index is 13.3. The summed E-state index contributed by atoms with van der Waals surface area (Å²) < 4.78 is 65.7. The first-order valence-electron chi connectivity index (χ1n) is 11.7. The van der Waals surface area contributed by atoms with Gasteiger partial charge in [-0.3, -0.25) is 4.79 Å². The summed E-state index contributed by atoms with van der Waals surface area (Å²) in [5.41, 5.74) is 1.17. The highest BCUT2D eigenvalue weighted by atomic mass is 32.2. The van der Waals surface area contributed by atoms with Crippen molar-refractivity contribution in [1.82, 2.24) is 24.7 Å². The zero-order chi connectivity index (χ0) is 24.3. The summed E-state index contributed by atoms with van der Waals surface area (Å²) in [4.78, 5) is 15.9. The molecule has 1 amide bonds. The molecule has 1 saturated carbocycles. The molecular weight excluding hydrogens is 471 g/mol. The van der Waals surface area contributed by atoms with Gasteiger partial charge in [-0.1, -0.05) is 0 Å². The van der Waals surface area contributed by atoms with Crippen LogP contribution < -0.4 is 10.6 Å². The van der Waals surface area contributed by atoms with Gasteiger partial charge in [-0.05, 0) is 57.2 Å². The van der Waals surface area contributed by atoms with Crippen molar-refractivity contribution in [1.29, 1.82) is 0 Å². The molecule has 1 unspecified atom stereocenters. The maximum Gasteiger partial charge on any atom is 0.406 e. The standard InChI is InChI=1S/C22H30F3N5O3S/c1-21-18(7-8-26-21)19-17(11-27-21)20(31)28(13-22(23,24)25)14-30(19)16-5-3-15(4-6-16)12-29-9-2-10-34(29,32)33/h7-8,11,15-16,26-27H,2-6,9-10,12-14H2,1H3. The molecule has 12 heteroatoms. The summed E-state index contributed by atoms with van der Waals surface area (Å²) in [5, 5.41) is 6.36. The number of amides is 1. The second kappa shape index (κ2) is 8.18. The van der Waals surface area contributed by atoms with Crippen LogP contribution in [-0.2, 0) is 14.8 Å². The summed E-state index contributed by atoms with van der Waals surface area (Å²) in [7, 11) is -3.15. The van der Waals surface area contributed by atoms with E-state index in [1.807, 2.05) is 17.9 Å². The Morgan fingerprint density at radius 2 is 1.91 bits per heavy atom. The Bertz CT molecular complexity index is 1060. The second-order valence-corrected chi connectivity index (χ2v) is 12.1. The molecule has 188 valence electrons. The average molecular weight is 502 g/mol. The highest BCUT2D eigenvalue weighted by Gasteiger charge is 2.47. The fourth-order valence-corrected chi connectivity index (χ4v) is 7.42. The van der Waals surface area contributed by atoms with Gasteiger partial charge in [-0.2, -0.15) is 13.2 Å². The highest BCUT2D eigenvalue weighted by Crippen LogP contribution is 2.41. The Labute approximate surface area is 197 Å². The van der Waals surface area contributed by atoms with E-state index in [4.69, 9.17) is 0 Å². The number of fused-ring (bicyclic) bond motifs is 2. The van der Waals surface area contributed by atoms with E-state index in [1.54, 1.807) is 10.5 Å². The zero-order valence-corrected chi connectivity index (χ0v) is 19.9. The number of halogens is 3. The predicted octanol–water partition coefficient (Wildman–Crippen LogP) is 1.82. The molecule has 8 nitrogen and oxygen atoms in total. The Balaban J connectivity index is 1.38. The molecule has 4 aliphatic heterocycles. The van der Waals surface area contributed by atoms with E-state index in [1.165, 1.54) is 6.20 Å². The third kappa shape index (κ3) is 4.19. The van der Waals surface area contributed by atoms with Crippen LogP contribution in [0.25, 0.3) is 0 Å². The van der Waals surface area contributed by atoms with Crippen LogP contribution in [0.3, 0.4) is 0 Å². The fraction of sp³-hybridized carbons (Fsp3) is 0.682. The number of alkyl halides is 3. The average Bonchev–Trinajstić information content (AvgIpc) is 3.31. The number of rotatable bonds is 4. The summed E-state index contributed by atoms with van der Waals surface area (Å²) in [6.45, 7) is 1.60. The third-order valence-corrected chi connectivity index (χ3v) is 9.52. The van der Waals surface area contributed by atoms with Gasteiger partial charge in [-0.25, -0.2) is 12.7 Å². The molecule has 34 heavy (non-hydrogen) atoms. The second-order valence-electron chi connectivity index (χ2n) is 10.00. The van der Waals surface area contributed by atoms with Gasteiger partial charge in [0.2, 0.25) is 10.0 Å². The number of dihydropyridines is 1. The van der Waals surface area contributed by atoms with E-state index < -0.39 is 34.3 Å². The number of nitrogens with one attached hydrogen (secondary N) is 2. The number of carbonyl (C=O) groups excluding carboxylic acids is 1. The van der Waals surface area contributed by atoms with Crippen LogP contribution in [-0.4, -0.2) is 78.4 Å². The number of hydrogen-bond donors (Lipinski definition) is 2. The Morgan fingerprint density at radius 1 is 1.18 bits per heavy atom. The van der Waals surface area contributed by atoms with Gasteiger partial charge < -0.3 is 20.4 Å². The molecule has 5 rings (SSSR count). The van der Waals surface area contributed by atoms with Gasteiger partial charge in [-0.15, -0.1) is 0 Å². The van der Waals surface area contributed by atoms with Crippen LogP contribution in [0.2, 0.25) is 0 Å². The summed E-state index contributed by atoms with van der Waals surface area (Å²) in [5.74, 6) is -0.181. The minimum Gasteiger partial charge on any atom is -0.365 e. The molecule has 0 aromatic rings. The molecule has 4 heterocycles. The minimum absolute atomic E-state index is 0.0301. The molecule has 1 atom stereocenters. The lowest BCUT2D eigenvalue weighted by molar-refractivity contribution is -0.165. The van der Waals surface area contributed by atoms with Crippen LogP contribution >= 0.6 is 0 Å². The van der Waals surface area contributed by atoms with E-state index >= 15 is 0 Å². The number of hydrogen-bond acceptors (Lipinski definition) is 6. The summed E-state index contributed by atoms with van der Waals surface area (Å²) >= 11 is 0. The highest BCUT2D eigenvalue weighted by molar-refractivity contribution is 7.89. The van der Waals surface area contributed by atoms with Crippen LogP contribution in [0.5, 0.6) is 0 Å². The van der Waals surface area contributed by atoms with Gasteiger partial charge in [0.1, 0.15) is 12.2 Å².